The highest BCUT2D eigenvalue weighted by molar-refractivity contribution is 5.47. The molecule has 0 saturated heterocycles. The maximum absolute atomic E-state index is 13.4. The molecule has 0 bridgehead atoms. The molecule has 0 saturated carbocycles. The van der Waals surface area contributed by atoms with Crippen molar-refractivity contribution >= 4 is 0 Å². The van der Waals surface area contributed by atoms with E-state index in [0.29, 0.717) is 6.42 Å². The van der Waals surface area contributed by atoms with Crippen LogP contribution in [0.2, 0.25) is 0 Å². The van der Waals surface area contributed by atoms with Gasteiger partial charge in [-0.1, -0.05) is 44.2 Å². The van der Waals surface area contributed by atoms with Crippen molar-refractivity contribution in [1.29, 1.82) is 0 Å². The van der Waals surface area contributed by atoms with Crippen LogP contribution in [0.5, 0.6) is 5.75 Å². The van der Waals surface area contributed by atoms with Crippen LogP contribution in [0, 0.1) is 5.41 Å². The Morgan fingerprint density at radius 1 is 1.00 bits per heavy atom. The molecule has 2 aromatic carbocycles. The molecule has 23 heavy (non-hydrogen) atoms. The van der Waals surface area contributed by atoms with E-state index >= 15 is 0 Å². The van der Waals surface area contributed by atoms with Gasteiger partial charge in [-0.15, -0.1) is 0 Å². The lowest BCUT2D eigenvalue weighted by molar-refractivity contribution is -0.139. The lowest BCUT2D eigenvalue weighted by Crippen LogP contribution is -2.10. The predicted octanol–water partition coefficient (Wildman–Crippen LogP) is 5.41. The molecule has 0 spiro atoms. The molecule has 1 aliphatic rings. The van der Waals surface area contributed by atoms with Crippen molar-refractivity contribution < 1.29 is 17.9 Å². The maximum atomic E-state index is 13.4. The highest BCUT2D eigenvalue weighted by Gasteiger charge is 2.38. The third-order valence-corrected chi connectivity index (χ3v) is 4.18. The Hall–Kier alpha value is -1.97. The number of hydrogen-bond donors (Lipinski definition) is 0. The van der Waals surface area contributed by atoms with Crippen molar-refractivity contribution in [2.75, 3.05) is 0 Å². The summed E-state index contributed by atoms with van der Waals surface area (Å²) in [7, 11) is 0. The van der Waals surface area contributed by atoms with Gasteiger partial charge in [-0.05, 0) is 47.1 Å². The average molecular weight is 320 g/mol. The van der Waals surface area contributed by atoms with E-state index in [-0.39, 0.29) is 17.8 Å². The zero-order valence-electron chi connectivity index (χ0n) is 13.2. The zero-order valence-corrected chi connectivity index (χ0v) is 13.2. The van der Waals surface area contributed by atoms with Gasteiger partial charge >= 0.3 is 6.18 Å². The molecule has 0 N–H and O–H groups in total. The third-order valence-electron chi connectivity index (χ3n) is 4.18. The van der Waals surface area contributed by atoms with E-state index in [4.69, 9.17) is 4.74 Å². The minimum Gasteiger partial charge on any atom is -0.488 e. The van der Waals surface area contributed by atoms with Gasteiger partial charge in [0.05, 0.1) is 5.56 Å². The lowest BCUT2D eigenvalue weighted by atomic mass is 9.90. The highest BCUT2D eigenvalue weighted by Crippen LogP contribution is 2.44. The molecular formula is C19H19F3O. The summed E-state index contributed by atoms with van der Waals surface area (Å²) in [6, 6.07) is 12.1. The van der Waals surface area contributed by atoms with Crippen molar-refractivity contribution in [3.63, 3.8) is 0 Å². The molecule has 122 valence electrons. The fraction of sp³-hybridized carbons (Fsp3) is 0.368. The summed E-state index contributed by atoms with van der Waals surface area (Å²) >= 11 is 0. The Labute approximate surface area is 134 Å². The summed E-state index contributed by atoms with van der Waals surface area (Å²) < 4.78 is 45.6. The molecule has 2 aromatic rings. The third kappa shape index (κ3) is 3.52. The van der Waals surface area contributed by atoms with Gasteiger partial charge in [0, 0.05) is 0 Å². The fourth-order valence-corrected chi connectivity index (χ4v) is 3.17. The molecule has 1 aliphatic carbocycles. The van der Waals surface area contributed by atoms with E-state index in [1.54, 1.807) is 6.07 Å². The molecule has 0 fully saturated rings. The Morgan fingerprint density at radius 3 is 2.22 bits per heavy atom. The van der Waals surface area contributed by atoms with Crippen molar-refractivity contribution in [1.82, 2.24) is 0 Å². The van der Waals surface area contributed by atoms with E-state index in [1.165, 1.54) is 6.07 Å². The van der Waals surface area contributed by atoms with Gasteiger partial charge in [0.2, 0.25) is 0 Å². The van der Waals surface area contributed by atoms with Gasteiger partial charge in [-0.2, -0.15) is 13.2 Å². The van der Waals surface area contributed by atoms with Crippen LogP contribution >= 0.6 is 0 Å². The van der Waals surface area contributed by atoms with Crippen molar-refractivity contribution in [3.05, 3.63) is 64.7 Å². The number of benzene rings is 2. The average Bonchev–Trinajstić information content (AvgIpc) is 2.77. The SMILES string of the molecule is CC1(C)Cc2cc(OCc3ccccc3)c(C(F)(F)F)cc2C1. The quantitative estimate of drug-likeness (QED) is 0.735. The standard InChI is InChI=1S/C19H19F3O/c1-18(2)10-14-8-16(19(20,21)22)17(9-15(14)11-18)23-12-13-6-4-3-5-7-13/h3-9H,10-12H2,1-2H3. The summed E-state index contributed by atoms with van der Waals surface area (Å²) in [5, 5.41) is 0. The first-order valence-corrected chi connectivity index (χ1v) is 7.64. The number of hydrogen-bond acceptors (Lipinski definition) is 1. The van der Waals surface area contributed by atoms with Crippen LogP contribution in [0.4, 0.5) is 13.2 Å². The monoisotopic (exact) mass is 320 g/mol. The molecule has 0 aromatic heterocycles. The molecule has 0 radical (unpaired) electrons. The molecule has 3 rings (SSSR count). The summed E-state index contributed by atoms with van der Waals surface area (Å²) in [6.45, 7) is 4.28. The van der Waals surface area contributed by atoms with Crippen LogP contribution < -0.4 is 4.74 Å². The van der Waals surface area contributed by atoms with E-state index in [9.17, 15) is 13.2 Å². The number of halogens is 3. The second kappa shape index (κ2) is 5.59. The van der Waals surface area contributed by atoms with Crippen LogP contribution in [0.1, 0.15) is 36.1 Å². The number of ether oxygens (including phenoxy) is 1. The Bertz CT molecular complexity index is 703. The van der Waals surface area contributed by atoms with Crippen molar-refractivity contribution in [2.45, 2.75) is 39.5 Å². The molecule has 0 atom stereocenters. The number of rotatable bonds is 3. The van der Waals surface area contributed by atoms with Crippen LogP contribution in [-0.4, -0.2) is 0 Å². The summed E-state index contributed by atoms with van der Waals surface area (Å²) in [4.78, 5) is 0. The zero-order chi connectivity index (χ0) is 16.7. The highest BCUT2D eigenvalue weighted by atomic mass is 19.4. The smallest absolute Gasteiger partial charge is 0.419 e. The first-order chi connectivity index (χ1) is 10.7. The Balaban J connectivity index is 1.92. The first-order valence-electron chi connectivity index (χ1n) is 7.64. The minimum absolute atomic E-state index is 0.00323. The molecule has 0 aliphatic heterocycles. The summed E-state index contributed by atoms with van der Waals surface area (Å²) in [6.07, 6.45) is -2.96. The summed E-state index contributed by atoms with van der Waals surface area (Å²) in [5.74, 6) is -0.0715. The number of alkyl halides is 3. The lowest BCUT2D eigenvalue weighted by Gasteiger charge is -2.16. The Kier molecular flexibility index (Phi) is 3.86. The molecular weight excluding hydrogens is 301 g/mol. The largest absolute Gasteiger partial charge is 0.488 e. The van der Waals surface area contributed by atoms with Gasteiger partial charge in [-0.25, -0.2) is 0 Å². The van der Waals surface area contributed by atoms with E-state index in [1.807, 2.05) is 30.3 Å². The maximum Gasteiger partial charge on any atom is 0.419 e. The van der Waals surface area contributed by atoms with Gasteiger partial charge < -0.3 is 4.74 Å². The normalized spacial score (nSPS) is 16.2. The Morgan fingerprint density at radius 2 is 1.61 bits per heavy atom. The van der Waals surface area contributed by atoms with Crippen LogP contribution in [0.3, 0.4) is 0 Å². The van der Waals surface area contributed by atoms with Crippen LogP contribution in [0.15, 0.2) is 42.5 Å². The van der Waals surface area contributed by atoms with E-state index in [0.717, 1.165) is 23.1 Å². The van der Waals surface area contributed by atoms with Crippen LogP contribution in [0.25, 0.3) is 0 Å². The second-order valence-corrected chi connectivity index (χ2v) is 6.91. The topological polar surface area (TPSA) is 9.23 Å². The minimum atomic E-state index is -4.41. The fourth-order valence-electron chi connectivity index (χ4n) is 3.17. The van der Waals surface area contributed by atoms with E-state index in [2.05, 4.69) is 13.8 Å². The number of fused-ring (bicyclic) bond motifs is 1. The van der Waals surface area contributed by atoms with Gasteiger partial charge in [0.1, 0.15) is 12.4 Å². The van der Waals surface area contributed by atoms with Gasteiger partial charge in [0.15, 0.2) is 0 Å². The second-order valence-electron chi connectivity index (χ2n) is 6.91. The van der Waals surface area contributed by atoms with Gasteiger partial charge in [0.25, 0.3) is 0 Å². The van der Waals surface area contributed by atoms with Gasteiger partial charge in [-0.3, -0.25) is 0 Å². The first kappa shape index (κ1) is 15.9. The molecule has 0 amide bonds. The summed E-state index contributed by atoms with van der Waals surface area (Å²) in [5.41, 5.74) is 1.93. The van der Waals surface area contributed by atoms with E-state index < -0.39 is 11.7 Å². The predicted molar refractivity (Wildman–Crippen MR) is 83.4 cm³/mol. The van der Waals surface area contributed by atoms with Crippen molar-refractivity contribution in [2.24, 2.45) is 5.41 Å². The van der Waals surface area contributed by atoms with Crippen LogP contribution in [-0.2, 0) is 25.6 Å². The molecule has 0 heterocycles. The molecule has 4 heteroatoms. The molecule has 0 unspecified atom stereocenters. The molecule has 1 nitrogen and oxygen atoms in total. The van der Waals surface area contributed by atoms with Crippen molar-refractivity contribution in [3.8, 4) is 5.75 Å².